The Morgan fingerprint density at radius 2 is 2.00 bits per heavy atom. The Morgan fingerprint density at radius 1 is 1.19 bits per heavy atom. The summed E-state index contributed by atoms with van der Waals surface area (Å²) >= 11 is 1.60. The van der Waals surface area contributed by atoms with E-state index in [-0.39, 0.29) is 5.91 Å². The number of benzene rings is 2. The highest BCUT2D eigenvalue weighted by Gasteiger charge is 2.16. The minimum absolute atomic E-state index is 0.0150. The predicted molar refractivity (Wildman–Crippen MR) is 133 cm³/mol. The van der Waals surface area contributed by atoms with Crippen LogP contribution < -0.4 is 5.32 Å². The Hall–Kier alpha value is -2.37. The molecule has 0 spiro atoms. The number of aromatic nitrogens is 1. The van der Waals surface area contributed by atoms with Crippen LogP contribution in [0.15, 0.2) is 64.5 Å². The van der Waals surface area contributed by atoms with Gasteiger partial charge in [-0.25, -0.2) is 4.98 Å². The van der Waals surface area contributed by atoms with E-state index < -0.39 is 0 Å². The van der Waals surface area contributed by atoms with E-state index in [0.29, 0.717) is 12.1 Å². The number of hydrogen-bond donors (Lipinski definition) is 1. The second kappa shape index (κ2) is 11.0. The molecule has 32 heavy (non-hydrogen) atoms. The number of piperidine rings is 1. The standard InChI is InChI=1S/C27H33N3OS/c1-3-21-11-13-22(14-12-21)32-26-18-24(23-9-4-5-10-25(23)29-26)27(31)28-15-7-17-30-16-6-8-20(2)19-30/h4-5,9-14,18,20H,3,6-8,15-17,19H2,1-2H3,(H,28,31). The van der Waals surface area contributed by atoms with Crippen molar-refractivity contribution in [1.82, 2.24) is 15.2 Å². The summed E-state index contributed by atoms with van der Waals surface area (Å²) in [7, 11) is 0. The van der Waals surface area contributed by atoms with E-state index in [4.69, 9.17) is 4.98 Å². The van der Waals surface area contributed by atoms with Crippen molar-refractivity contribution in [3.05, 3.63) is 65.7 Å². The first-order valence-electron chi connectivity index (χ1n) is 11.8. The van der Waals surface area contributed by atoms with Gasteiger partial charge in [-0.2, -0.15) is 0 Å². The van der Waals surface area contributed by atoms with E-state index >= 15 is 0 Å². The summed E-state index contributed by atoms with van der Waals surface area (Å²) in [6.45, 7) is 8.61. The zero-order valence-corrected chi connectivity index (χ0v) is 20.0. The highest BCUT2D eigenvalue weighted by Crippen LogP contribution is 2.30. The molecule has 1 N–H and O–H groups in total. The van der Waals surface area contributed by atoms with E-state index in [9.17, 15) is 4.79 Å². The van der Waals surface area contributed by atoms with Gasteiger partial charge in [-0.1, -0.05) is 55.9 Å². The quantitative estimate of drug-likeness (QED) is 0.443. The van der Waals surface area contributed by atoms with Gasteiger partial charge >= 0.3 is 0 Å². The van der Waals surface area contributed by atoms with Crippen molar-refractivity contribution in [1.29, 1.82) is 0 Å². The Balaban J connectivity index is 1.43. The van der Waals surface area contributed by atoms with Crippen molar-refractivity contribution in [3.8, 4) is 0 Å². The average Bonchev–Trinajstić information content (AvgIpc) is 2.82. The van der Waals surface area contributed by atoms with Gasteiger partial charge < -0.3 is 10.2 Å². The van der Waals surface area contributed by atoms with Crippen molar-refractivity contribution < 1.29 is 4.79 Å². The highest BCUT2D eigenvalue weighted by molar-refractivity contribution is 7.99. The zero-order chi connectivity index (χ0) is 22.3. The number of para-hydroxylation sites is 1. The number of nitrogens with one attached hydrogen (secondary N) is 1. The molecule has 2 heterocycles. The number of aryl methyl sites for hydroxylation is 1. The molecule has 5 heteroatoms. The molecule has 4 rings (SSSR count). The summed E-state index contributed by atoms with van der Waals surface area (Å²) < 4.78 is 0. The van der Waals surface area contributed by atoms with Crippen LogP contribution in [0.3, 0.4) is 0 Å². The SMILES string of the molecule is CCc1ccc(Sc2cc(C(=O)NCCCN3CCCC(C)C3)c3ccccc3n2)cc1. The maximum absolute atomic E-state index is 13.1. The van der Waals surface area contributed by atoms with Crippen LogP contribution in [-0.4, -0.2) is 42.0 Å². The molecule has 1 amide bonds. The molecule has 1 aromatic heterocycles. The molecule has 0 saturated carbocycles. The van der Waals surface area contributed by atoms with Gasteiger partial charge in [0, 0.05) is 23.4 Å². The third-order valence-corrected chi connectivity index (χ3v) is 7.10. The molecule has 1 aliphatic heterocycles. The molecule has 3 aromatic rings. The van der Waals surface area contributed by atoms with Crippen molar-refractivity contribution in [2.24, 2.45) is 5.92 Å². The number of carbonyl (C=O) groups is 1. The number of carbonyl (C=O) groups excluding carboxylic acids is 1. The van der Waals surface area contributed by atoms with Gasteiger partial charge in [0.05, 0.1) is 11.1 Å². The van der Waals surface area contributed by atoms with E-state index in [0.717, 1.165) is 46.1 Å². The van der Waals surface area contributed by atoms with Crippen molar-refractivity contribution in [3.63, 3.8) is 0 Å². The van der Waals surface area contributed by atoms with Crippen LogP contribution in [0.25, 0.3) is 10.9 Å². The van der Waals surface area contributed by atoms with Gasteiger partial charge in [0.15, 0.2) is 0 Å². The van der Waals surface area contributed by atoms with Crippen LogP contribution >= 0.6 is 11.8 Å². The topological polar surface area (TPSA) is 45.2 Å². The summed E-state index contributed by atoms with van der Waals surface area (Å²) in [5.74, 6) is 0.773. The largest absolute Gasteiger partial charge is 0.352 e. The Bertz CT molecular complexity index is 1050. The number of fused-ring (bicyclic) bond motifs is 1. The smallest absolute Gasteiger partial charge is 0.252 e. The molecule has 1 unspecified atom stereocenters. The molecule has 0 aliphatic carbocycles. The summed E-state index contributed by atoms with van der Waals surface area (Å²) in [6, 6.07) is 18.4. The zero-order valence-electron chi connectivity index (χ0n) is 19.1. The first-order valence-corrected chi connectivity index (χ1v) is 12.6. The molecule has 1 fully saturated rings. The normalized spacial score (nSPS) is 16.9. The fourth-order valence-electron chi connectivity index (χ4n) is 4.39. The number of pyridine rings is 1. The molecule has 1 saturated heterocycles. The highest BCUT2D eigenvalue weighted by atomic mass is 32.2. The number of likely N-dealkylation sites (tertiary alicyclic amines) is 1. The maximum Gasteiger partial charge on any atom is 0.252 e. The molecule has 4 nitrogen and oxygen atoms in total. The number of rotatable bonds is 8. The van der Waals surface area contributed by atoms with Gasteiger partial charge in [0.1, 0.15) is 5.03 Å². The summed E-state index contributed by atoms with van der Waals surface area (Å²) in [6.07, 6.45) is 4.64. The van der Waals surface area contributed by atoms with Gasteiger partial charge in [-0.3, -0.25) is 4.79 Å². The lowest BCUT2D eigenvalue weighted by molar-refractivity contribution is 0.0951. The van der Waals surface area contributed by atoms with Crippen LogP contribution in [-0.2, 0) is 6.42 Å². The molecule has 0 radical (unpaired) electrons. The van der Waals surface area contributed by atoms with Crippen LogP contribution in [0.1, 0.15) is 49.0 Å². The maximum atomic E-state index is 13.1. The fraction of sp³-hybridized carbons (Fsp3) is 0.407. The minimum atomic E-state index is -0.0150. The molecule has 2 aromatic carbocycles. The van der Waals surface area contributed by atoms with Crippen LogP contribution in [0.2, 0.25) is 0 Å². The molecule has 1 atom stereocenters. The second-order valence-corrected chi connectivity index (χ2v) is 9.88. The first kappa shape index (κ1) is 22.8. The van der Waals surface area contributed by atoms with Gasteiger partial charge in [0.25, 0.3) is 5.91 Å². The molecule has 0 bridgehead atoms. The number of nitrogens with zero attached hydrogens (tertiary/aromatic N) is 2. The lowest BCUT2D eigenvalue weighted by atomic mass is 10.0. The third-order valence-electron chi connectivity index (χ3n) is 6.17. The van der Waals surface area contributed by atoms with E-state index in [2.05, 4.69) is 48.3 Å². The second-order valence-electron chi connectivity index (χ2n) is 8.78. The monoisotopic (exact) mass is 447 g/mol. The number of hydrogen-bond acceptors (Lipinski definition) is 4. The summed E-state index contributed by atoms with van der Waals surface area (Å²) in [5, 5.41) is 4.90. The van der Waals surface area contributed by atoms with Gasteiger partial charge in [0.2, 0.25) is 0 Å². The van der Waals surface area contributed by atoms with Crippen LogP contribution in [0.4, 0.5) is 0 Å². The lowest BCUT2D eigenvalue weighted by Crippen LogP contribution is -2.36. The lowest BCUT2D eigenvalue weighted by Gasteiger charge is -2.30. The fourth-order valence-corrected chi connectivity index (χ4v) is 5.23. The Morgan fingerprint density at radius 3 is 2.78 bits per heavy atom. The van der Waals surface area contributed by atoms with E-state index in [1.54, 1.807) is 11.8 Å². The van der Waals surface area contributed by atoms with Crippen LogP contribution in [0.5, 0.6) is 0 Å². The molecule has 1 aliphatic rings. The predicted octanol–water partition coefficient (Wildman–Crippen LogP) is 5.80. The molecular weight excluding hydrogens is 414 g/mol. The van der Waals surface area contributed by atoms with Gasteiger partial charge in [-0.15, -0.1) is 0 Å². The van der Waals surface area contributed by atoms with Crippen molar-refractivity contribution >= 4 is 28.6 Å². The molecular formula is C27H33N3OS. The van der Waals surface area contributed by atoms with E-state index in [1.807, 2.05) is 30.3 Å². The average molecular weight is 448 g/mol. The van der Waals surface area contributed by atoms with Crippen LogP contribution in [0, 0.1) is 5.92 Å². The minimum Gasteiger partial charge on any atom is -0.352 e. The summed E-state index contributed by atoms with van der Waals surface area (Å²) in [5.41, 5.74) is 2.88. The first-order chi connectivity index (χ1) is 15.6. The van der Waals surface area contributed by atoms with E-state index in [1.165, 1.54) is 31.5 Å². The van der Waals surface area contributed by atoms with Gasteiger partial charge in [-0.05, 0) is 74.5 Å². The van der Waals surface area contributed by atoms with Crippen molar-refractivity contribution in [2.45, 2.75) is 49.5 Å². The molecule has 168 valence electrons. The number of amides is 1. The summed E-state index contributed by atoms with van der Waals surface area (Å²) in [4.78, 5) is 21.5. The Labute approximate surface area is 195 Å². The third kappa shape index (κ3) is 5.90. The Kier molecular flexibility index (Phi) is 7.82. The van der Waals surface area contributed by atoms with Crippen molar-refractivity contribution in [2.75, 3.05) is 26.2 Å².